The van der Waals surface area contributed by atoms with Gasteiger partial charge in [0.05, 0.1) is 11.1 Å². The van der Waals surface area contributed by atoms with Gasteiger partial charge in [-0.1, -0.05) is 29.8 Å². The van der Waals surface area contributed by atoms with Crippen LogP contribution in [0.2, 0.25) is 0 Å². The van der Waals surface area contributed by atoms with Gasteiger partial charge in [0, 0.05) is 29.5 Å². The van der Waals surface area contributed by atoms with Crippen LogP contribution in [0, 0.1) is 20.8 Å². The van der Waals surface area contributed by atoms with Crippen LogP contribution in [-0.2, 0) is 7.05 Å². The fourth-order valence-corrected chi connectivity index (χ4v) is 3.75. The van der Waals surface area contributed by atoms with Gasteiger partial charge in [0.15, 0.2) is 0 Å². The van der Waals surface area contributed by atoms with E-state index >= 15 is 0 Å². The molecule has 0 amide bonds. The highest BCUT2D eigenvalue weighted by atomic mass is 14.9. The van der Waals surface area contributed by atoms with Crippen LogP contribution in [0.5, 0.6) is 0 Å². The van der Waals surface area contributed by atoms with Gasteiger partial charge in [0.25, 0.3) is 0 Å². The third kappa shape index (κ3) is 2.68. The van der Waals surface area contributed by atoms with E-state index in [1.807, 2.05) is 18.3 Å². The number of pyridine rings is 2. The maximum absolute atomic E-state index is 4.54. The van der Waals surface area contributed by atoms with E-state index in [4.69, 9.17) is 0 Å². The number of benzene rings is 2. The number of aryl methyl sites for hydroxylation is 3. The molecule has 128 valence electrons. The summed E-state index contributed by atoms with van der Waals surface area (Å²) in [5, 5.41) is 1.22. The lowest BCUT2D eigenvalue weighted by atomic mass is 9.96. The van der Waals surface area contributed by atoms with Crippen molar-refractivity contribution in [2.45, 2.75) is 20.8 Å². The Balaban J connectivity index is 1.98. The molecule has 2 nitrogen and oxygen atoms in total. The zero-order valence-corrected chi connectivity index (χ0v) is 15.7. The summed E-state index contributed by atoms with van der Waals surface area (Å²) < 4.78 is 2.29. The molecular formula is C24H23N2+. The SMILES string of the molecule is Cc1cc(C)c(C)c(-c2ccc3c(-c4ccccn4)cccc3[n+]2C)c1. The highest BCUT2D eigenvalue weighted by molar-refractivity contribution is 5.92. The molecule has 0 unspecified atom stereocenters. The summed E-state index contributed by atoms with van der Waals surface area (Å²) >= 11 is 0. The molecule has 0 atom stereocenters. The molecular weight excluding hydrogens is 316 g/mol. The molecule has 2 aromatic carbocycles. The highest BCUT2D eigenvalue weighted by Crippen LogP contribution is 2.29. The fourth-order valence-electron chi connectivity index (χ4n) is 3.75. The van der Waals surface area contributed by atoms with Crippen molar-refractivity contribution in [1.29, 1.82) is 0 Å². The number of nitrogens with zero attached hydrogens (tertiary/aromatic N) is 2. The lowest BCUT2D eigenvalue weighted by molar-refractivity contribution is -0.633. The Labute approximate surface area is 154 Å². The van der Waals surface area contributed by atoms with Gasteiger partial charge >= 0.3 is 0 Å². The molecule has 0 saturated carbocycles. The Morgan fingerprint density at radius 1 is 0.808 bits per heavy atom. The maximum atomic E-state index is 4.54. The molecule has 0 aliphatic carbocycles. The third-order valence-corrected chi connectivity index (χ3v) is 5.24. The summed E-state index contributed by atoms with van der Waals surface area (Å²) in [5.74, 6) is 0. The molecule has 0 radical (unpaired) electrons. The molecule has 0 spiro atoms. The van der Waals surface area contributed by atoms with Crippen LogP contribution >= 0.6 is 0 Å². The molecule has 0 fully saturated rings. The molecule has 2 aromatic heterocycles. The lowest BCUT2D eigenvalue weighted by Crippen LogP contribution is -2.32. The minimum Gasteiger partial charge on any atom is -0.256 e. The second-order valence-electron chi connectivity index (χ2n) is 6.99. The lowest BCUT2D eigenvalue weighted by Gasteiger charge is -2.11. The Morgan fingerprint density at radius 2 is 1.65 bits per heavy atom. The van der Waals surface area contributed by atoms with Crippen molar-refractivity contribution in [3.05, 3.63) is 83.6 Å². The van der Waals surface area contributed by atoms with E-state index in [9.17, 15) is 0 Å². The molecule has 0 saturated heterocycles. The van der Waals surface area contributed by atoms with Crippen molar-refractivity contribution < 1.29 is 4.57 Å². The van der Waals surface area contributed by atoms with Crippen LogP contribution in [0.1, 0.15) is 16.7 Å². The summed E-state index contributed by atoms with van der Waals surface area (Å²) in [5.41, 5.74) is 9.90. The number of rotatable bonds is 2. The summed E-state index contributed by atoms with van der Waals surface area (Å²) in [4.78, 5) is 4.54. The Morgan fingerprint density at radius 3 is 2.42 bits per heavy atom. The van der Waals surface area contributed by atoms with E-state index in [1.54, 1.807) is 0 Å². The normalized spacial score (nSPS) is 11.1. The van der Waals surface area contributed by atoms with E-state index in [-0.39, 0.29) is 0 Å². The third-order valence-electron chi connectivity index (χ3n) is 5.24. The van der Waals surface area contributed by atoms with Crippen LogP contribution in [0.15, 0.2) is 66.9 Å². The van der Waals surface area contributed by atoms with Gasteiger partial charge in [-0.2, -0.15) is 4.57 Å². The molecule has 2 heteroatoms. The first-order valence-electron chi connectivity index (χ1n) is 8.97. The fraction of sp³-hybridized carbons (Fsp3) is 0.167. The van der Waals surface area contributed by atoms with Crippen LogP contribution in [-0.4, -0.2) is 4.98 Å². The number of hydrogen-bond acceptors (Lipinski definition) is 1. The van der Waals surface area contributed by atoms with E-state index in [0.717, 1.165) is 5.69 Å². The Hall–Kier alpha value is -3.00. The first-order chi connectivity index (χ1) is 12.6. The topological polar surface area (TPSA) is 16.8 Å². The monoisotopic (exact) mass is 339 g/mol. The van der Waals surface area contributed by atoms with Crippen LogP contribution in [0.25, 0.3) is 33.4 Å². The van der Waals surface area contributed by atoms with Gasteiger partial charge in [-0.05, 0) is 56.2 Å². The molecule has 4 aromatic rings. The van der Waals surface area contributed by atoms with Crippen molar-refractivity contribution in [2.24, 2.45) is 7.05 Å². The summed E-state index contributed by atoms with van der Waals surface area (Å²) in [7, 11) is 2.15. The largest absolute Gasteiger partial charge is 0.256 e. The van der Waals surface area contributed by atoms with E-state index in [0.29, 0.717) is 0 Å². The molecule has 0 N–H and O–H groups in total. The second kappa shape index (κ2) is 6.38. The number of hydrogen-bond donors (Lipinski definition) is 0. The Kier molecular flexibility index (Phi) is 4.04. The van der Waals surface area contributed by atoms with Crippen molar-refractivity contribution in [3.8, 4) is 22.5 Å². The van der Waals surface area contributed by atoms with Crippen molar-refractivity contribution in [2.75, 3.05) is 0 Å². The van der Waals surface area contributed by atoms with Crippen LogP contribution < -0.4 is 4.57 Å². The van der Waals surface area contributed by atoms with Crippen molar-refractivity contribution in [3.63, 3.8) is 0 Å². The van der Waals surface area contributed by atoms with Crippen LogP contribution in [0.3, 0.4) is 0 Å². The smallest absolute Gasteiger partial charge is 0.213 e. The Bertz CT molecular complexity index is 1110. The van der Waals surface area contributed by atoms with Gasteiger partial charge < -0.3 is 0 Å². The number of aromatic nitrogens is 2. The maximum Gasteiger partial charge on any atom is 0.213 e. The van der Waals surface area contributed by atoms with E-state index in [1.165, 1.54) is 44.4 Å². The number of fused-ring (bicyclic) bond motifs is 1. The molecule has 0 bridgehead atoms. The summed E-state index contributed by atoms with van der Waals surface area (Å²) in [6.07, 6.45) is 1.85. The van der Waals surface area contributed by atoms with E-state index < -0.39 is 0 Å². The molecule has 0 aliphatic rings. The van der Waals surface area contributed by atoms with Crippen molar-refractivity contribution >= 4 is 10.9 Å². The second-order valence-corrected chi connectivity index (χ2v) is 6.99. The van der Waals surface area contributed by atoms with E-state index in [2.05, 4.69) is 85.9 Å². The first kappa shape index (κ1) is 16.5. The van der Waals surface area contributed by atoms with Gasteiger partial charge in [-0.25, -0.2) is 0 Å². The van der Waals surface area contributed by atoms with Gasteiger partial charge in [-0.15, -0.1) is 0 Å². The minimum absolute atomic E-state index is 1.01. The molecule has 0 aliphatic heterocycles. The van der Waals surface area contributed by atoms with Crippen molar-refractivity contribution in [1.82, 2.24) is 4.98 Å². The zero-order valence-electron chi connectivity index (χ0n) is 15.7. The quantitative estimate of drug-likeness (QED) is 0.452. The van der Waals surface area contributed by atoms with Gasteiger partial charge in [0.2, 0.25) is 11.2 Å². The average Bonchev–Trinajstić information content (AvgIpc) is 2.66. The summed E-state index contributed by atoms with van der Waals surface area (Å²) in [6.45, 7) is 6.56. The minimum atomic E-state index is 1.01. The first-order valence-corrected chi connectivity index (χ1v) is 8.97. The average molecular weight is 339 g/mol. The van der Waals surface area contributed by atoms with Gasteiger partial charge in [-0.3, -0.25) is 4.98 Å². The highest BCUT2D eigenvalue weighted by Gasteiger charge is 2.18. The van der Waals surface area contributed by atoms with Gasteiger partial charge in [0.1, 0.15) is 7.05 Å². The predicted octanol–water partition coefficient (Wildman–Crippen LogP) is 5.32. The molecule has 2 heterocycles. The molecule has 4 rings (SSSR count). The zero-order chi connectivity index (χ0) is 18.3. The molecule has 26 heavy (non-hydrogen) atoms. The predicted molar refractivity (Wildman–Crippen MR) is 108 cm³/mol. The van der Waals surface area contributed by atoms with Crippen LogP contribution in [0.4, 0.5) is 0 Å². The standard InChI is InChI=1S/C24H23N2/c1-16-14-17(2)18(3)21(15-16)24-12-11-20-19(22-9-5-6-13-25-22)8-7-10-23(20)26(24)4/h5-15H,1-4H3/q+1. The summed E-state index contributed by atoms with van der Waals surface area (Å²) in [6, 6.07) is 21.5.